The van der Waals surface area contributed by atoms with Gasteiger partial charge in [0.1, 0.15) is 11.1 Å². The fourth-order valence-electron chi connectivity index (χ4n) is 1.29. The lowest BCUT2D eigenvalue weighted by atomic mass is 10.3. The molecule has 3 nitrogen and oxygen atoms in total. The van der Waals surface area contributed by atoms with E-state index < -0.39 is 36.2 Å². The molecule has 1 heterocycles. The molecule has 16 heavy (non-hydrogen) atoms. The molecular formula is C8H5F4O3P. The average molecular weight is 256 g/mol. The summed E-state index contributed by atoms with van der Waals surface area (Å²) < 4.78 is 72.7. The summed E-state index contributed by atoms with van der Waals surface area (Å²) in [6, 6.07) is 0.0957. The highest BCUT2D eigenvalue weighted by molar-refractivity contribution is 7.62. The number of benzene rings is 1. The first-order valence-corrected chi connectivity index (χ1v) is 5.72. The number of hydrogen-bond acceptors (Lipinski definition) is 3. The fourth-order valence-corrected chi connectivity index (χ4v) is 2.92. The van der Waals surface area contributed by atoms with Gasteiger partial charge in [0.2, 0.25) is 0 Å². The molecular weight excluding hydrogens is 251 g/mol. The number of halogens is 4. The van der Waals surface area contributed by atoms with Gasteiger partial charge in [0.05, 0.1) is 13.2 Å². The van der Waals surface area contributed by atoms with Crippen LogP contribution in [0.3, 0.4) is 0 Å². The van der Waals surface area contributed by atoms with E-state index in [0.29, 0.717) is 0 Å². The molecule has 0 spiro atoms. The van der Waals surface area contributed by atoms with Gasteiger partial charge in [-0.1, -0.05) is 0 Å². The predicted octanol–water partition coefficient (Wildman–Crippen LogP) is 2.11. The summed E-state index contributed by atoms with van der Waals surface area (Å²) in [5.74, 6) is -7.00. The van der Waals surface area contributed by atoms with E-state index in [4.69, 9.17) is 0 Å². The zero-order chi connectivity index (χ0) is 11.9. The van der Waals surface area contributed by atoms with E-state index in [9.17, 15) is 22.1 Å². The van der Waals surface area contributed by atoms with Crippen molar-refractivity contribution in [1.82, 2.24) is 0 Å². The maximum atomic E-state index is 13.2. The second-order valence-electron chi connectivity index (χ2n) is 2.98. The lowest BCUT2D eigenvalue weighted by molar-refractivity contribution is 0.359. The minimum absolute atomic E-state index is 0.0957. The number of hydrogen-bond donors (Lipinski definition) is 0. The van der Waals surface area contributed by atoms with E-state index in [1.807, 2.05) is 0 Å². The molecule has 1 aliphatic heterocycles. The summed E-state index contributed by atoms with van der Waals surface area (Å²) in [5.41, 5.74) is 0. The SMILES string of the molecule is O=P1(c2c(F)cc(F)c(F)c2F)OCCO1. The van der Waals surface area contributed by atoms with E-state index in [-0.39, 0.29) is 19.3 Å². The van der Waals surface area contributed by atoms with Crippen LogP contribution in [0.4, 0.5) is 17.6 Å². The van der Waals surface area contributed by atoms with Crippen LogP contribution in [0.5, 0.6) is 0 Å². The normalized spacial score (nSPS) is 19.0. The molecule has 0 amide bonds. The van der Waals surface area contributed by atoms with E-state index in [1.165, 1.54) is 0 Å². The third-order valence-corrected chi connectivity index (χ3v) is 3.97. The maximum Gasteiger partial charge on any atom is 0.367 e. The summed E-state index contributed by atoms with van der Waals surface area (Å²) in [5, 5.41) is -1.19. The summed E-state index contributed by atoms with van der Waals surface area (Å²) >= 11 is 0. The van der Waals surface area contributed by atoms with Crippen LogP contribution in [0.15, 0.2) is 6.07 Å². The molecule has 0 unspecified atom stereocenters. The van der Waals surface area contributed by atoms with Crippen molar-refractivity contribution in [1.29, 1.82) is 0 Å². The maximum absolute atomic E-state index is 13.2. The first kappa shape index (κ1) is 11.6. The Balaban J connectivity index is 2.65. The zero-order valence-corrected chi connectivity index (χ0v) is 8.57. The Hall–Kier alpha value is -0.910. The molecule has 88 valence electrons. The van der Waals surface area contributed by atoms with Gasteiger partial charge in [-0.3, -0.25) is 4.57 Å². The first-order chi connectivity index (χ1) is 7.46. The van der Waals surface area contributed by atoms with Gasteiger partial charge in [-0.05, 0) is 0 Å². The third kappa shape index (κ3) is 1.65. The average Bonchev–Trinajstić information content (AvgIpc) is 2.62. The van der Waals surface area contributed by atoms with Crippen molar-refractivity contribution in [3.8, 4) is 0 Å². The predicted molar refractivity (Wildman–Crippen MR) is 45.4 cm³/mol. The Kier molecular flexibility index (Phi) is 2.77. The van der Waals surface area contributed by atoms with Gasteiger partial charge >= 0.3 is 7.60 Å². The molecule has 1 aromatic rings. The van der Waals surface area contributed by atoms with Crippen LogP contribution in [-0.4, -0.2) is 13.2 Å². The van der Waals surface area contributed by atoms with Crippen molar-refractivity contribution in [2.75, 3.05) is 13.2 Å². The van der Waals surface area contributed by atoms with Crippen LogP contribution < -0.4 is 5.30 Å². The van der Waals surface area contributed by atoms with Crippen LogP contribution in [0.2, 0.25) is 0 Å². The van der Waals surface area contributed by atoms with Gasteiger partial charge < -0.3 is 9.05 Å². The fraction of sp³-hybridized carbons (Fsp3) is 0.250. The lowest BCUT2D eigenvalue weighted by Crippen LogP contribution is -2.18. The van der Waals surface area contributed by atoms with E-state index in [2.05, 4.69) is 9.05 Å². The van der Waals surface area contributed by atoms with E-state index >= 15 is 0 Å². The first-order valence-electron chi connectivity index (χ1n) is 4.18. The van der Waals surface area contributed by atoms with Gasteiger partial charge in [-0.2, -0.15) is 0 Å². The van der Waals surface area contributed by atoms with Crippen LogP contribution >= 0.6 is 7.60 Å². The summed E-state index contributed by atoms with van der Waals surface area (Å²) in [4.78, 5) is 0. The van der Waals surface area contributed by atoms with Crippen LogP contribution in [0.25, 0.3) is 0 Å². The van der Waals surface area contributed by atoms with Crippen molar-refractivity contribution in [2.24, 2.45) is 0 Å². The monoisotopic (exact) mass is 256 g/mol. The smallest absolute Gasteiger partial charge is 0.303 e. The second kappa shape index (κ2) is 3.84. The topological polar surface area (TPSA) is 35.5 Å². The molecule has 1 saturated heterocycles. The second-order valence-corrected chi connectivity index (χ2v) is 4.94. The van der Waals surface area contributed by atoms with Crippen LogP contribution in [0, 0.1) is 23.3 Å². The molecule has 0 N–H and O–H groups in total. The Labute approximate surface area is 87.5 Å². The quantitative estimate of drug-likeness (QED) is 0.334. The highest BCUT2D eigenvalue weighted by Crippen LogP contribution is 2.51. The minimum atomic E-state index is -4.20. The minimum Gasteiger partial charge on any atom is -0.303 e. The van der Waals surface area contributed by atoms with E-state index in [1.54, 1.807) is 0 Å². The Bertz CT molecular complexity index is 481. The van der Waals surface area contributed by atoms with Crippen LogP contribution in [0.1, 0.15) is 0 Å². The largest absolute Gasteiger partial charge is 0.367 e. The van der Waals surface area contributed by atoms with Crippen molar-refractivity contribution in [3.63, 3.8) is 0 Å². The molecule has 0 aliphatic carbocycles. The third-order valence-electron chi connectivity index (χ3n) is 1.97. The molecule has 0 aromatic heterocycles. The molecule has 0 saturated carbocycles. The van der Waals surface area contributed by atoms with Gasteiger partial charge in [0.25, 0.3) is 0 Å². The van der Waals surface area contributed by atoms with Gasteiger partial charge in [0.15, 0.2) is 17.5 Å². The highest BCUT2D eigenvalue weighted by atomic mass is 31.2. The van der Waals surface area contributed by atoms with Crippen molar-refractivity contribution >= 4 is 12.9 Å². The molecule has 8 heteroatoms. The Morgan fingerprint density at radius 2 is 1.56 bits per heavy atom. The molecule has 1 fully saturated rings. The molecule has 2 rings (SSSR count). The summed E-state index contributed by atoms with van der Waals surface area (Å²) in [6.07, 6.45) is 0. The summed E-state index contributed by atoms with van der Waals surface area (Å²) in [6.45, 7) is -0.260. The van der Waals surface area contributed by atoms with Crippen molar-refractivity contribution in [2.45, 2.75) is 0 Å². The molecule has 1 aliphatic rings. The van der Waals surface area contributed by atoms with Crippen molar-refractivity contribution < 1.29 is 31.2 Å². The van der Waals surface area contributed by atoms with Gasteiger partial charge in [-0.15, -0.1) is 0 Å². The molecule has 0 radical (unpaired) electrons. The highest BCUT2D eigenvalue weighted by Gasteiger charge is 2.40. The van der Waals surface area contributed by atoms with Gasteiger partial charge in [-0.25, -0.2) is 17.6 Å². The Morgan fingerprint density at radius 1 is 1.00 bits per heavy atom. The van der Waals surface area contributed by atoms with Gasteiger partial charge in [0, 0.05) is 6.07 Å². The standard InChI is InChI=1S/C8H5F4O3P/c9-4-3-5(10)8(7(12)6(4)11)16(13)14-1-2-15-16/h3H,1-2H2. The molecule has 1 aromatic carbocycles. The van der Waals surface area contributed by atoms with E-state index in [0.717, 1.165) is 0 Å². The number of rotatable bonds is 1. The zero-order valence-electron chi connectivity index (χ0n) is 7.68. The summed E-state index contributed by atoms with van der Waals surface area (Å²) in [7, 11) is -4.20. The molecule has 0 bridgehead atoms. The molecule has 0 atom stereocenters. The van der Waals surface area contributed by atoms with Crippen LogP contribution in [-0.2, 0) is 13.6 Å². The lowest BCUT2D eigenvalue weighted by Gasteiger charge is -2.11. The Morgan fingerprint density at radius 3 is 2.12 bits per heavy atom. The van der Waals surface area contributed by atoms with Crippen molar-refractivity contribution in [3.05, 3.63) is 29.3 Å².